The summed E-state index contributed by atoms with van der Waals surface area (Å²) in [5.74, 6) is 2.03. The molecule has 2 N–H and O–H groups in total. The standard InChI is InChI=1S/C17H17N2O5/c1-10(18-20)3-6-16-17(15-7-4-11(2)23-15)13-9-12(19(21)22)5-8-14(13)24-16/h4-5,7-9,20-21H,3,6H2,1-2H3/q-1. The molecule has 0 bridgehead atoms. The number of hydrogen-bond donors (Lipinski definition) is 2. The number of hydrogen-bond acceptors (Lipinski definition) is 7. The molecule has 3 rings (SSSR count). The van der Waals surface area contributed by atoms with E-state index in [1.54, 1.807) is 19.1 Å². The number of anilines is 1. The molecule has 0 aliphatic carbocycles. The summed E-state index contributed by atoms with van der Waals surface area (Å²) in [5, 5.41) is 32.8. The van der Waals surface area contributed by atoms with E-state index in [1.807, 2.05) is 19.1 Å². The summed E-state index contributed by atoms with van der Waals surface area (Å²) in [7, 11) is 0. The lowest BCUT2D eigenvalue weighted by atomic mass is 10.0. The lowest BCUT2D eigenvalue weighted by Gasteiger charge is -2.21. The van der Waals surface area contributed by atoms with Crippen LogP contribution in [0.15, 0.2) is 44.3 Å². The number of benzene rings is 1. The zero-order valence-electron chi connectivity index (χ0n) is 13.3. The fourth-order valence-electron chi connectivity index (χ4n) is 2.61. The highest BCUT2D eigenvalue weighted by atomic mass is 16.8. The second-order valence-corrected chi connectivity index (χ2v) is 5.60. The van der Waals surface area contributed by atoms with Crippen LogP contribution in [0.5, 0.6) is 0 Å². The lowest BCUT2D eigenvalue weighted by molar-refractivity contribution is 0.296. The van der Waals surface area contributed by atoms with E-state index in [0.29, 0.717) is 41.0 Å². The largest absolute Gasteiger partial charge is 0.733 e. The topological polar surface area (TPSA) is 105 Å². The van der Waals surface area contributed by atoms with Gasteiger partial charge in [-0.1, -0.05) is 5.16 Å². The van der Waals surface area contributed by atoms with Gasteiger partial charge in [0.15, 0.2) is 0 Å². The second kappa shape index (κ2) is 6.38. The summed E-state index contributed by atoms with van der Waals surface area (Å²) in [6, 6.07) is 8.32. The first-order valence-corrected chi connectivity index (χ1v) is 7.45. The van der Waals surface area contributed by atoms with Gasteiger partial charge in [0.05, 0.1) is 17.0 Å². The minimum atomic E-state index is -0.189. The third-order valence-corrected chi connectivity index (χ3v) is 3.84. The summed E-state index contributed by atoms with van der Waals surface area (Å²) < 4.78 is 11.6. The number of furan rings is 2. The van der Waals surface area contributed by atoms with E-state index in [2.05, 4.69) is 5.16 Å². The zero-order valence-corrected chi connectivity index (χ0v) is 13.3. The van der Waals surface area contributed by atoms with Crippen molar-refractivity contribution < 1.29 is 19.2 Å². The van der Waals surface area contributed by atoms with Crippen LogP contribution < -0.4 is 5.23 Å². The highest BCUT2D eigenvalue weighted by molar-refractivity contribution is 5.96. The molecule has 0 unspecified atom stereocenters. The molecule has 7 nitrogen and oxygen atoms in total. The Hall–Kier alpha value is -2.77. The molecule has 24 heavy (non-hydrogen) atoms. The normalized spacial score (nSPS) is 12.1. The van der Waals surface area contributed by atoms with E-state index < -0.39 is 0 Å². The average Bonchev–Trinajstić information content (AvgIpc) is 3.14. The Morgan fingerprint density at radius 2 is 2.04 bits per heavy atom. The van der Waals surface area contributed by atoms with Crippen molar-refractivity contribution in [2.24, 2.45) is 5.16 Å². The highest BCUT2D eigenvalue weighted by Gasteiger charge is 2.19. The van der Waals surface area contributed by atoms with Gasteiger partial charge in [-0.2, -0.15) is 0 Å². The molecule has 1 aromatic carbocycles. The van der Waals surface area contributed by atoms with Crippen LogP contribution in [0.3, 0.4) is 0 Å². The van der Waals surface area contributed by atoms with E-state index in [1.165, 1.54) is 6.07 Å². The van der Waals surface area contributed by atoms with Gasteiger partial charge in [-0.05, 0) is 50.6 Å². The van der Waals surface area contributed by atoms with Gasteiger partial charge in [-0.15, -0.1) is 0 Å². The van der Waals surface area contributed by atoms with Gasteiger partial charge in [0.2, 0.25) is 0 Å². The molecule has 2 heterocycles. The van der Waals surface area contributed by atoms with Gasteiger partial charge >= 0.3 is 0 Å². The minimum absolute atomic E-state index is 0.104. The van der Waals surface area contributed by atoms with Crippen LogP contribution in [0.2, 0.25) is 0 Å². The van der Waals surface area contributed by atoms with Crippen LogP contribution >= 0.6 is 0 Å². The van der Waals surface area contributed by atoms with Crippen molar-refractivity contribution in [3.63, 3.8) is 0 Å². The number of aryl methyl sites for hydroxylation is 2. The highest BCUT2D eigenvalue weighted by Crippen LogP contribution is 2.38. The molecule has 0 radical (unpaired) electrons. The van der Waals surface area contributed by atoms with Crippen LogP contribution in [0.4, 0.5) is 5.69 Å². The molecule has 0 saturated heterocycles. The minimum Gasteiger partial charge on any atom is -0.733 e. The maximum Gasteiger partial charge on any atom is 0.138 e. The Balaban J connectivity index is 2.15. The van der Waals surface area contributed by atoms with Crippen LogP contribution in [0.1, 0.15) is 24.9 Å². The van der Waals surface area contributed by atoms with E-state index in [-0.39, 0.29) is 10.9 Å². The van der Waals surface area contributed by atoms with E-state index in [9.17, 15) is 5.21 Å². The first-order chi connectivity index (χ1) is 11.5. The van der Waals surface area contributed by atoms with Crippen molar-refractivity contribution in [2.75, 3.05) is 5.23 Å². The maximum atomic E-state index is 11.2. The average molecular weight is 329 g/mol. The van der Waals surface area contributed by atoms with Gasteiger partial charge in [-0.25, -0.2) is 0 Å². The predicted octanol–water partition coefficient (Wildman–Crippen LogP) is 4.48. The number of nitrogens with zero attached hydrogens (tertiary/aromatic N) is 2. The zero-order chi connectivity index (χ0) is 17.3. The van der Waals surface area contributed by atoms with Gasteiger partial charge in [0.25, 0.3) is 0 Å². The Morgan fingerprint density at radius 1 is 1.25 bits per heavy atom. The summed E-state index contributed by atoms with van der Waals surface area (Å²) >= 11 is 0. The Morgan fingerprint density at radius 3 is 2.67 bits per heavy atom. The molecule has 0 aliphatic rings. The Kier molecular flexibility index (Phi) is 4.28. The fourth-order valence-corrected chi connectivity index (χ4v) is 2.61. The summed E-state index contributed by atoms with van der Waals surface area (Å²) in [4.78, 5) is 0. The fraction of sp³-hybridized carbons (Fsp3) is 0.235. The molecule has 3 aromatic rings. The quantitative estimate of drug-likeness (QED) is 0.406. The number of fused-ring (bicyclic) bond motifs is 1. The van der Waals surface area contributed by atoms with E-state index in [0.717, 1.165) is 11.3 Å². The van der Waals surface area contributed by atoms with Gasteiger partial charge in [0.1, 0.15) is 22.9 Å². The molecule has 0 amide bonds. The van der Waals surface area contributed by atoms with E-state index in [4.69, 9.17) is 19.2 Å². The van der Waals surface area contributed by atoms with Crippen molar-refractivity contribution in [1.82, 2.24) is 0 Å². The number of rotatable bonds is 5. The molecule has 2 aromatic heterocycles. The lowest BCUT2D eigenvalue weighted by Crippen LogP contribution is -2.06. The SMILES string of the molecule is CC(CCc1oc2ccc(N([O-])O)cc2c1-c1ccc(C)o1)=NO. The van der Waals surface area contributed by atoms with Crippen LogP contribution in [-0.2, 0) is 6.42 Å². The molecule has 0 atom stereocenters. The molecule has 0 fully saturated rings. The smallest absolute Gasteiger partial charge is 0.138 e. The van der Waals surface area contributed by atoms with Gasteiger partial charge in [-0.3, -0.25) is 5.21 Å². The molecule has 0 spiro atoms. The Bertz CT molecular complexity index is 892. The molecular weight excluding hydrogens is 312 g/mol. The van der Waals surface area contributed by atoms with Crippen LogP contribution in [0.25, 0.3) is 22.3 Å². The first-order valence-electron chi connectivity index (χ1n) is 7.45. The molecule has 0 aliphatic heterocycles. The maximum absolute atomic E-state index is 11.2. The van der Waals surface area contributed by atoms with Crippen molar-refractivity contribution in [3.05, 3.63) is 47.1 Å². The van der Waals surface area contributed by atoms with Crippen molar-refractivity contribution in [3.8, 4) is 11.3 Å². The molecule has 0 saturated carbocycles. The van der Waals surface area contributed by atoms with Crippen LogP contribution in [-0.4, -0.2) is 16.1 Å². The third-order valence-electron chi connectivity index (χ3n) is 3.84. The van der Waals surface area contributed by atoms with Crippen molar-refractivity contribution >= 4 is 22.4 Å². The monoisotopic (exact) mass is 329 g/mol. The third kappa shape index (κ3) is 2.99. The second-order valence-electron chi connectivity index (χ2n) is 5.60. The number of oxime groups is 1. The first kappa shape index (κ1) is 16.1. The summed E-state index contributed by atoms with van der Waals surface area (Å²) in [5.41, 5.74) is 2.00. The molecule has 7 heteroatoms. The molecule has 126 valence electrons. The predicted molar refractivity (Wildman–Crippen MR) is 89.5 cm³/mol. The van der Waals surface area contributed by atoms with Gasteiger partial charge in [0, 0.05) is 11.8 Å². The summed E-state index contributed by atoms with van der Waals surface area (Å²) in [6.07, 6.45) is 1.03. The summed E-state index contributed by atoms with van der Waals surface area (Å²) in [6.45, 7) is 3.56. The van der Waals surface area contributed by atoms with Gasteiger partial charge < -0.3 is 24.5 Å². The Labute approximate surface area is 137 Å². The molecular formula is C17H17N2O5-. The van der Waals surface area contributed by atoms with E-state index >= 15 is 0 Å². The van der Waals surface area contributed by atoms with Crippen molar-refractivity contribution in [2.45, 2.75) is 26.7 Å². The van der Waals surface area contributed by atoms with Crippen molar-refractivity contribution in [1.29, 1.82) is 0 Å². The van der Waals surface area contributed by atoms with Crippen LogP contribution in [0, 0.1) is 12.1 Å².